The predicted molar refractivity (Wildman–Crippen MR) is 94.0 cm³/mol. The average Bonchev–Trinajstić information content (AvgIpc) is 3.39. The topological polar surface area (TPSA) is 101 Å². The van der Waals surface area contributed by atoms with Gasteiger partial charge in [0, 0.05) is 12.0 Å². The molecule has 9 heteroatoms. The van der Waals surface area contributed by atoms with Crippen LogP contribution in [0.15, 0.2) is 12.1 Å². The fourth-order valence-corrected chi connectivity index (χ4v) is 3.46. The third kappa shape index (κ3) is 4.00. The maximum atomic E-state index is 13.2. The molecule has 3 N–H and O–H groups in total. The van der Waals surface area contributed by atoms with Gasteiger partial charge < -0.3 is 9.84 Å². The van der Waals surface area contributed by atoms with Crippen molar-refractivity contribution in [2.45, 2.75) is 56.1 Å². The molecule has 2 heterocycles. The van der Waals surface area contributed by atoms with Gasteiger partial charge in [-0.3, -0.25) is 20.2 Å². The van der Waals surface area contributed by atoms with E-state index < -0.39 is 42.3 Å². The molecule has 2 aliphatic carbocycles. The Morgan fingerprint density at radius 1 is 1.32 bits per heavy atom. The number of nitrogens with one attached hydrogen (secondary N) is 2. The number of alkyl halides is 2. The lowest BCUT2D eigenvalue weighted by atomic mass is 9.75. The second-order valence-corrected chi connectivity index (χ2v) is 8.00. The lowest BCUT2D eigenvalue weighted by Gasteiger charge is -2.37. The molecule has 0 unspecified atom stereocenters. The van der Waals surface area contributed by atoms with Crippen LogP contribution < -0.4 is 15.4 Å². The van der Waals surface area contributed by atoms with E-state index in [1.54, 1.807) is 6.07 Å². The van der Waals surface area contributed by atoms with Crippen molar-refractivity contribution < 1.29 is 28.2 Å². The van der Waals surface area contributed by atoms with E-state index in [2.05, 4.69) is 15.6 Å². The number of pyridine rings is 1. The first-order valence-corrected chi connectivity index (χ1v) is 9.59. The zero-order chi connectivity index (χ0) is 19.9. The molecule has 1 saturated heterocycles. The van der Waals surface area contributed by atoms with Gasteiger partial charge in [-0.25, -0.2) is 13.8 Å². The number of aromatic nitrogens is 1. The smallest absolute Gasteiger partial charge is 0.276 e. The van der Waals surface area contributed by atoms with Gasteiger partial charge in [0.2, 0.25) is 11.8 Å². The highest BCUT2D eigenvalue weighted by Crippen LogP contribution is 2.44. The quantitative estimate of drug-likeness (QED) is 0.631. The third-order valence-electron chi connectivity index (χ3n) is 5.59. The second-order valence-electron chi connectivity index (χ2n) is 8.00. The van der Waals surface area contributed by atoms with Crippen LogP contribution in [-0.4, -0.2) is 47.0 Å². The summed E-state index contributed by atoms with van der Waals surface area (Å²) in [5, 5.41) is 15.2. The zero-order valence-electron chi connectivity index (χ0n) is 15.3. The minimum atomic E-state index is -2.97. The summed E-state index contributed by atoms with van der Waals surface area (Å²) < 4.78 is 32.2. The van der Waals surface area contributed by atoms with Crippen LogP contribution in [-0.2, 0) is 10.4 Å². The number of hydrogen-bond donors (Lipinski definition) is 3. The molecule has 0 radical (unpaired) electrons. The molecule has 3 aliphatic rings. The molecule has 2 amide bonds. The Balaban J connectivity index is 1.47. The van der Waals surface area contributed by atoms with Gasteiger partial charge in [-0.1, -0.05) is 0 Å². The minimum Gasteiger partial charge on any atom is -0.477 e. The number of rotatable bonds is 6. The molecule has 2 saturated carbocycles. The van der Waals surface area contributed by atoms with Crippen LogP contribution in [0.3, 0.4) is 0 Å². The summed E-state index contributed by atoms with van der Waals surface area (Å²) in [6.07, 6.45) is 3.59. The number of carbonyl (C=O) groups excluding carboxylic acids is 2. The summed E-state index contributed by atoms with van der Waals surface area (Å²) in [7, 11) is 0. The molecule has 0 aromatic carbocycles. The van der Waals surface area contributed by atoms with Crippen molar-refractivity contribution in [1.82, 2.24) is 15.6 Å². The predicted octanol–water partition coefficient (Wildman–Crippen LogP) is 1.50. The van der Waals surface area contributed by atoms with E-state index in [1.165, 1.54) is 6.07 Å². The average molecular weight is 395 g/mol. The first-order chi connectivity index (χ1) is 13.3. The van der Waals surface area contributed by atoms with E-state index in [1.807, 2.05) is 0 Å². The van der Waals surface area contributed by atoms with Crippen LogP contribution in [0.5, 0.6) is 5.88 Å². The van der Waals surface area contributed by atoms with E-state index in [9.17, 15) is 23.5 Å². The highest BCUT2D eigenvalue weighted by atomic mass is 19.3. The molecular formula is C19H23F2N3O4. The molecule has 4 rings (SSSR count). The second kappa shape index (κ2) is 7.04. The zero-order valence-corrected chi connectivity index (χ0v) is 15.3. The van der Waals surface area contributed by atoms with Gasteiger partial charge in [0.1, 0.15) is 5.69 Å². The van der Waals surface area contributed by atoms with Crippen molar-refractivity contribution in [2.75, 3.05) is 13.2 Å². The number of amides is 2. The van der Waals surface area contributed by atoms with Crippen LogP contribution >= 0.6 is 0 Å². The highest BCUT2D eigenvalue weighted by Gasteiger charge is 2.43. The van der Waals surface area contributed by atoms with Crippen LogP contribution in [0.4, 0.5) is 8.78 Å². The lowest BCUT2D eigenvalue weighted by Crippen LogP contribution is -2.43. The largest absolute Gasteiger partial charge is 0.477 e. The first-order valence-electron chi connectivity index (χ1n) is 9.59. The molecule has 3 fully saturated rings. The fourth-order valence-electron chi connectivity index (χ4n) is 3.46. The summed E-state index contributed by atoms with van der Waals surface area (Å²) in [5.41, 5.74) is -0.522. The van der Waals surface area contributed by atoms with Gasteiger partial charge in [0.15, 0.2) is 0 Å². The van der Waals surface area contributed by atoms with E-state index in [0.29, 0.717) is 30.9 Å². The Morgan fingerprint density at radius 3 is 2.64 bits per heavy atom. The molecule has 1 aromatic rings. The van der Waals surface area contributed by atoms with Gasteiger partial charge in [-0.15, -0.1) is 0 Å². The fraction of sp³-hybridized carbons (Fsp3) is 0.632. The van der Waals surface area contributed by atoms with E-state index in [-0.39, 0.29) is 11.6 Å². The van der Waals surface area contributed by atoms with Gasteiger partial charge >= 0.3 is 0 Å². The molecule has 7 nitrogen and oxygen atoms in total. The van der Waals surface area contributed by atoms with Crippen molar-refractivity contribution in [3.8, 4) is 5.88 Å². The number of ether oxygens (including phenoxy) is 1. The van der Waals surface area contributed by atoms with Crippen molar-refractivity contribution in [1.29, 1.82) is 0 Å². The van der Waals surface area contributed by atoms with Crippen molar-refractivity contribution in [3.63, 3.8) is 0 Å². The monoisotopic (exact) mass is 395 g/mol. The summed E-state index contributed by atoms with van der Waals surface area (Å²) in [6.45, 7) is -0.134. The standard InChI is InChI=1S/C19H23F2N3O4/c20-19(21)8-14(22-10-19)16(26)24-15(25)13-5-4-12(18(27)6-1-7-18)17(23-13)28-9-11-2-3-11/h4-5,11,14,22,27H,1-3,6-10H2,(H,24,25,26)/t14-/m0/s1. The summed E-state index contributed by atoms with van der Waals surface area (Å²) in [4.78, 5) is 28.7. The van der Waals surface area contributed by atoms with Crippen molar-refractivity contribution >= 4 is 11.8 Å². The summed E-state index contributed by atoms with van der Waals surface area (Å²) >= 11 is 0. The van der Waals surface area contributed by atoms with Crippen LogP contribution in [0, 0.1) is 5.92 Å². The third-order valence-corrected chi connectivity index (χ3v) is 5.59. The SMILES string of the molecule is O=C(NC(=O)[C@@H]1CC(F)(F)CN1)c1ccc(C2(O)CCC2)c(OCC2CC2)n1. The first kappa shape index (κ1) is 19.2. The molecule has 28 heavy (non-hydrogen) atoms. The minimum absolute atomic E-state index is 0.0597. The van der Waals surface area contributed by atoms with Gasteiger partial charge in [0.25, 0.3) is 11.8 Å². The lowest BCUT2D eigenvalue weighted by molar-refractivity contribution is -0.122. The molecular weight excluding hydrogens is 372 g/mol. The van der Waals surface area contributed by atoms with E-state index in [0.717, 1.165) is 19.3 Å². The van der Waals surface area contributed by atoms with Crippen LogP contribution in [0.25, 0.3) is 0 Å². The van der Waals surface area contributed by atoms with Gasteiger partial charge in [0.05, 0.1) is 24.8 Å². The molecule has 1 atom stereocenters. The number of halogens is 2. The van der Waals surface area contributed by atoms with E-state index in [4.69, 9.17) is 4.74 Å². The number of hydrogen-bond acceptors (Lipinski definition) is 6. The Kier molecular flexibility index (Phi) is 4.83. The number of carbonyl (C=O) groups is 2. The van der Waals surface area contributed by atoms with Gasteiger partial charge in [-0.2, -0.15) is 0 Å². The van der Waals surface area contributed by atoms with Gasteiger partial charge in [-0.05, 0) is 50.2 Å². The number of nitrogens with zero attached hydrogens (tertiary/aromatic N) is 1. The normalized spacial score (nSPS) is 25.0. The van der Waals surface area contributed by atoms with Crippen LogP contribution in [0.1, 0.15) is 54.6 Å². The molecule has 1 aliphatic heterocycles. The van der Waals surface area contributed by atoms with Crippen LogP contribution in [0.2, 0.25) is 0 Å². The number of aliphatic hydroxyl groups is 1. The van der Waals surface area contributed by atoms with Crippen molar-refractivity contribution in [2.24, 2.45) is 5.92 Å². The molecule has 0 bridgehead atoms. The molecule has 152 valence electrons. The summed E-state index contributed by atoms with van der Waals surface area (Å²) in [5.74, 6) is -3.91. The Labute approximate surface area is 160 Å². The molecule has 1 aromatic heterocycles. The molecule has 0 spiro atoms. The van der Waals surface area contributed by atoms with E-state index >= 15 is 0 Å². The maximum Gasteiger partial charge on any atom is 0.276 e. The van der Waals surface area contributed by atoms with Crippen molar-refractivity contribution in [3.05, 3.63) is 23.4 Å². The highest BCUT2D eigenvalue weighted by molar-refractivity contribution is 6.05. The Hall–Kier alpha value is -2.13. The summed E-state index contributed by atoms with van der Waals surface area (Å²) in [6, 6.07) is 1.88. The Bertz CT molecular complexity index is 793. The Morgan fingerprint density at radius 2 is 2.07 bits per heavy atom. The number of imide groups is 1. The maximum absolute atomic E-state index is 13.2.